The van der Waals surface area contributed by atoms with Gasteiger partial charge in [-0.2, -0.15) is 5.10 Å². The zero-order chi connectivity index (χ0) is 23.7. The number of halogens is 1. The first-order chi connectivity index (χ1) is 16.4. The first-order valence-corrected chi connectivity index (χ1v) is 13.2. The van der Waals surface area contributed by atoms with E-state index in [9.17, 15) is 9.59 Å². The van der Waals surface area contributed by atoms with Crippen molar-refractivity contribution in [3.8, 4) is 10.6 Å². The molecule has 1 atom stereocenters. The van der Waals surface area contributed by atoms with Crippen LogP contribution in [0, 0.1) is 0 Å². The molecule has 0 spiro atoms. The molecule has 5 rings (SSSR count). The van der Waals surface area contributed by atoms with E-state index >= 15 is 0 Å². The molecule has 2 aromatic heterocycles. The number of benzene rings is 1. The molecule has 1 unspecified atom stereocenters. The maximum absolute atomic E-state index is 13.8. The lowest BCUT2D eigenvalue weighted by atomic mass is 9.91. The van der Waals surface area contributed by atoms with Crippen LogP contribution in [-0.2, 0) is 17.8 Å². The average molecular weight is 497 g/mol. The van der Waals surface area contributed by atoms with E-state index in [2.05, 4.69) is 5.32 Å². The fourth-order valence-electron chi connectivity index (χ4n) is 5.02. The number of thiophene rings is 1. The highest BCUT2D eigenvalue weighted by atomic mass is 35.5. The van der Waals surface area contributed by atoms with Crippen molar-refractivity contribution in [3.63, 3.8) is 0 Å². The highest BCUT2D eigenvalue weighted by Crippen LogP contribution is 2.32. The number of carbonyl (C=O) groups excluding carboxylic acids is 2. The summed E-state index contributed by atoms with van der Waals surface area (Å²) in [5, 5.41) is 10.7. The molecular formula is C26H29ClN4O2S. The van der Waals surface area contributed by atoms with E-state index in [1.54, 1.807) is 20.9 Å². The molecule has 3 aromatic rings. The van der Waals surface area contributed by atoms with E-state index in [1.807, 2.05) is 54.8 Å². The summed E-state index contributed by atoms with van der Waals surface area (Å²) < 4.78 is 1.72. The zero-order valence-electron chi connectivity index (χ0n) is 19.3. The Morgan fingerprint density at radius 3 is 2.68 bits per heavy atom. The zero-order valence-corrected chi connectivity index (χ0v) is 20.9. The monoisotopic (exact) mass is 496 g/mol. The molecule has 1 aliphatic carbocycles. The van der Waals surface area contributed by atoms with Crippen molar-refractivity contribution >= 4 is 34.8 Å². The lowest BCUT2D eigenvalue weighted by Crippen LogP contribution is -2.65. The minimum atomic E-state index is -1.02. The number of amides is 2. The summed E-state index contributed by atoms with van der Waals surface area (Å²) in [6.45, 7) is 2.65. The van der Waals surface area contributed by atoms with Crippen LogP contribution in [-0.4, -0.2) is 44.6 Å². The number of rotatable bonds is 6. The van der Waals surface area contributed by atoms with Crippen LogP contribution in [0.2, 0.25) is 5.02 Å². The normalized spacial score (nSPS) is 20.9. The number of hydrogen-bond acceptors (Lipinski definition) is 4. The van der Waals surface area contributed by atoms with E-state index in [1.165, 1.54) is 6.42 Å². The van der Waals surface area contributed by atoms with Crippen LogP contribution in [0.1, 0.15) is 55.1 Å². The second kappa shape index (κ2) is 9.55. The Bertz CT molecular complexity index is 1170. The predicted molar refractivity (Wildman–Crippen MR) is 135 cm³/mol. The van der Waals surface area contributed by atoms with Crippen molar-refractivity contribution in [2.75, 3.05) is 6.54 Å². The third kappa shape index (κ3) is 4.51. The smallest absolute Gasteiger partial charge is 0.273 e. The van der Waals surface area contributed by atoms with Gasteiger partial charge in [-0.05, 0) is 61.4 Å². The molecule has 8 heteroatoms. The Kier molecular flexibility index (Phi) is 6.49. The molecule has 2 aliphatic rings. The van der Waals surface area contributed by atoms with Crippen LogP contribution in [0.25, 0.3) is 10.6 Å². The van der Waals surface area contributed by atoms with Gasteiger partial charge in [-0.15, -0.1) is 11.3 Å². The number of nitrogens with zero attached hydrogens (tertiary/aromatic N) is 3. The molecule has 1 aromatic carbocycles. The van der Waals surface area contributed by atoms with Crippen LogP contribution < -0.4 is 5.32 Å². The Hall–Kier alpha value is -2.64. The minimum Gasteiger partial charge on any atom is -0.351 e. The second-order valence-corrected chi connectivity index (χ2v) is 10.8. The quantitative estimate of drug-likeness (QED) is 0.512. The third-order valence-corrected chi connectivity index (χ3v) is 8.18. The maximum Gasteiger partial charge on any atom is 0.273 e. The van der Waals surface area contributed by atoms with Gasteiger partial charge in [-0.1, -0.05) is 49.1 Å². The summed E-state index contributed by atoms with van der Waals surface area (Å²) in [4.78, 5) is 30.2. The highest BCUT2D eigenvalue weighted by Gasteiger charge is 2.48. The van der Waals surface area contributed by atoms with Crippen molar-refractivity contribution < 1.29 is 9.59 Å². The number of carbonyl (C=O) groups is 2. The molecule has 0 saturated heterocycles. The maximum atomic E-state index is 13.8. The molecule has 178 valence electrons. The average Bonchev–Trinajstić information content (AvgIpc) is 3.51. The molecule has 2 amide bonds. The van der Waals surface area contributed by atoms with Crippen LogP contribution >= 0.6 is 22.9 Å². The van der Waals surface area contributed by atoms with E-state index in [-0.39, 0.29) is 17.9 Å². The van der Waals surface area contributed by atoms with Crippen molar-refractivity contribution in [2.45, 2.75) is 63.6 Å². The number of nitrogens with one attached hydrogen (secondary N) is 1. The van der Waals surface area contributed by atoms with Crippen molar-refractivity contribution in [1.29, 1.82) is 0 Å². The van der Waals surface area contributed by atoms with Crippen LogP contribution in [0.4, 0.5) is 0 Å². The summed E-state index contributed by atoms with van der Waals surface area (Å²) in [5.41, 5.74) is 1.35. The third-order valence-electron chi connectivity index (χ3n) is 7.04. The molecule has 1 aliphatic heterocycles. The first kappa shape index (κ1) is 23.1. The van der Waals surface area contributed by atoms with Gasteiger partial charge in [0.05, 0.1) is 11.4 Å². The summed E-state index contributed by atoms with van der Waals surface area (Å²) in [7, 11) is 0. The molecule has 0 bridgehead atoms. The minimum absolute atomic E-state index is 0.0947. The van der Waals surface area contributed by atoms with Gasteiger partial charge in [0.1, 0.15) is 16.9 Å². The standard InChI is InChI=1S/C26H29ClN4O2S/c1-26(25(33)28-20-6-3-2-4-7-20)17-31-22(16-21(29-31)23-8-5-15-34-23)24(32)30(26)14-13-18-9-11-19(27)12-10-18/h5,8-12,15-16,20H,2-4,6-7,13-14,17H2,1H3,(H,28,33). The molecule has 3 heterocycles. The van der Waals surface area contributed by atoms with Crippen LogP contribution in [0.3, 0.4) is 0 Å². The predicted octanol–water partition coefficient (Wildman–Crippen LogP) is 5.17. The van der Waals surface area contributed by atoms with Gasteiger partial charge in [-0.3, -0.25) is 14.3 Å². The van der Waals surface area contributed by atoms with Crippen molar-refractivity contribution in [2.24, 2.45) is 0 Å². The van der Waals surface area contributed by atoms with E-state index in [0.29, 0.717) is 30.2 Å². The fourth-order valence-corrected chi connectivity index (χ4v) is 5.82. The summed E-state index contributed by atoms with van der Waals surface area (Å²) in [6.07, 6.45) is 6.12. The lowest BCUT2D eigenvalue weighted by Gasteiger charge is -2.44. The molecule has 34 heavy (non-hydrogen) atoms. The van der Waals surface area contributed by atoms with Crippen molar-refractivity contribution in [1.82, 2.24) is 20.0 Å². The lowest BCUT2D eigenvalue weighted by molar-refractivity contribution is -0.134. The summed E-state index contributed by atoms with van der Waals surface area (Å²) in [6, 6.07) is 13.6. The van der Waals surface area contributed by atoms with E-state index in [0.717, 1.165) is 41.8 Å². The van der Waals surface area contributed by atoms with E-state index in [4.69, 9.17) is 16.7 Å². The summed E-state index contributed by atoms with van der Waals surface area (Å²) in [5.74, 6) is -0.250. The molecule has 1 saturated carbocycles. The first-order valence-electron chi connectivity index (χ1n) is 11.9. The van der Waals surface area contributed by atoms with Gasteiger partial charge in [-0.25, -0.2) is 0 Å². The SMILES string of the molecule is CC1(C(=O)NC2CCCCC2)Cn2nc(-c3cccs3)cc2C(=O)N1CCc1ccc(Cl)cc1. The molecule has 1 fully saturated rings. The fraction of sp³-hybridized carbons (Fsp3) is 0.423. The van der Waals surface area contributed by atoms with Crippen LogP contribution in [0.15, 0.2) is 47.8 Å². The topological polar surface area (TPSA) is 67.2 Å². The molecule has 6 nitrogen and oxygen atoms in total. The van der Waals surface area contributed by atoms with E-state index < -0.39 is 5.54 Å². The van der Waals surface area contributed by atoms with Gasteiger partial charge < -0.3 is 10.2 Å². The largest absolute Gasteiger partial charge is 0.351 e. The Balaban J connectivity index is 1.45. The number of fused-ring (bicyclic) bond motifs is 1. The molecular weight excluding hydrogens is 468 g/mol. The van der Waals surface area contributed by atoms with Crippen LogP contribution in [0.5, 0.6) is 0 Å². The van der Waals surface area contributed by atoms with Gasteiger partial charge in [0.2, 0.25) is 5.91 Å². The van der Waals surface area contributed by atoms with Gasteiger partial charge in [0.25, 0.3) is 5.91 Å². The van der Waals surface area contributed by atoms with Gasteiger partial charge >= 0.3 is 0 Å². The highest BCUT2D eigenvalue weighted by molar-refractivity contribution is 7.13. The number of aromatic nitrogens is 2. The second-order valence-electron chi connectivity index (χ2n) is 9.47. The Morgan fingerprint density at radius 1 is 1.21 bits per heavy atom. The number of hydrogen-bond donors (Lipinski definition) is 1. The summed E-state index contributed by atoms with van der Waals surface area (Å²) >= 11 is 7.63. The van der Waals surface area contributed by atoms with Gasteiger partial charge in [0.15, 0.2) is 0 Å². The Labute approximate surface area is 208 Å². The Morgan fingerprint density at radius 2 is 1.97 bits per heavy atom. The van der Waals surface area contributed by atoms with Gasteiger partial charge in [0, 0.05) is 17.6 Å². The molecule has 1 N–H and O–H groups in total. The van der Waals surface area contributed by atoms with Crippen molar-refractivity contribution in [3.05, 3.63) is 64.1 Å². The molecule has 0 radical (unpaired) electrons.